The molecule has 0 saturated carbocycles. The van der Waals surface area contributed by atoms with Crippen LogP contribution in [0, 0.1) is 0 Å². The van der Waals surface area contributed by atoms with Crippen LogP contribution < -0.4 is 10.6 Å². The first-order valence-electron chi connectivity index (χ1n) is 8.40. The van der Waals surface area contributed by atoms with Gasteiger partial charge in [0.05, 0.1) is 12.7 Å². The van der Waals surface area contributed by atoms with Crippen LogP contribution in [0.3, 0.4) is 0 Å². The Hall–Kier alpha value is -3.16. The second-order valence-electron chi connectivity index (χ2n) is 5.94. The average molecular weight is 355 g/mol. The molecular formula is C18H21N5O3. The first-order valence-corrected chi connectivity index (χ1v) is 8.40. The molecule has 1 aliphatic rings. The maximum Gasteiger partial charge on any atom is 0.409 e. The number of ether oxygens (including phenoxy) is 1. The zero-order valence-corrected chi connectivity index (χ0v) is 14.6. The van der Waals surface area contributed by atoms with Crippen molar-refractivity contribution in [3.63, 3.8) is 0 Å². The second-order valence-corrected chi connectivity index (χ2v) is 5.94. The first-order chi connectivity index (χ1) is 12.6. The van der Waals surface area contributed by atoms with Crippen molar-refractivity contribution in [2.75, 3.05) is 43.9 Å². The number of hydrogen-bond donors (Lipinski definition) is 1. The predicted octanol–water partition coefficient (Wildman–Crippen LogP) is 1.57. The minimum Gasteiger partial charge on any atom is -0.453 e. The van der Waals surface area contributed by atoms with Crippen molar-refractivity contribution in [2.45, 2.75) is 6.42 Å². The summed E-state index contributed by atoms with van der Waals surface area (Å²) in [6.07, 6.45) is 2.01. The molecular weight excluding hydrogens is 334 g/mol. The molecule has 0 spiro atoms. The molecule has 8 nitrogen and oxygen atoms in total. The molecule has 1 amide bonds. The molecule has 0 aliphatic carbocycles. The quantitative estimate of drug-likeness (QED) is 0.834. The van der Waals surface area contributed by atoms with Crippen molar-refractivity contribution < 1.29 is 14.3 Å². The summed E-state index contributed by atoms with van der Waals surface area (Å²) in [7, 11) is 1.38. The molecule has 136 valence electrons. The van der Waals surface area contributed by atoms with Crippen LogP contribution in [0.5, 0.6) is 0 Å². The van der Waals surface area contributed by atoms with E-state index in [-0.39, 0.29) is 17.7 Å². The lowest BCUT2D eigenvalue weighted by molar-refractivity contribution is 0.103. The molecule has 2 N–H and O–H groups in total. The molecule has 8 heteroatoms. The van der Waals surface area contributed by atoms with Crippen molar-refractivity contribution in [3.8, 4) is 0 Å². The van der Waals surface area contributed by atoms with Crippen LogP contribution >= 0.6 is 0 Å². The number of nitrogens with two attached hydrogens (primary N) is 1. The van der Waals surface area contributed by atoms with Gasteiger partial charge >= 0.3 is 6.09 Å². The summed E-state index contributed by atoms with van der Waals surface area (Å²) in [5.41, 5.74) is 6.45. The van der Waals surface area contributed by atoms with Crippen molar-refractivity contribution in [1.82, 2.24) is 14.9 Å². The molecule has 3 heterocycles. The fraction of sp³-hybridized carbons (Fsp3) is 0.333. The summed E-state index contributed by atoms with van der Waals surface area (Å²) in [4.78, 5) is 36.6. The van der Waals surface area contributed by atoms with Crippen LogP contribution in [0.4, 0.5) is 16.4 Å². The molecule has 0 radical (unpaired) electrons. The van der Waals surface area contributed by atoms with Crippen molar-refractivity contribution >= 4 is 23.5 Å². The van der Waals surface area contributed by atoms with E-state index < -0.39 is 0 Å². The number of carbonyl (C=O) groups excluding carboxylic acids is 2. The van der Waals surface area contributed by atoms with E-state index >= 15 is 0 Å². The number of anilines is 2. The van der Waals surface area contributed by atoms with Gasteiger partial charge in [0, 0.05) is 32.4 Å². The van der Waals surface area contributed by atoms with E-state index in [1.165, 1.54) is 7.11 Å². The number of methoxy groups -OCH3 is 1. The number of ketones is 1. The number of aromatic nitrogens is 2. The molecule has 0 atom stereocenters. The smallest absolute Gasteiger partial charge is 0.409 e. The second kappa shape index (κ2) is 7.81. The number of carbonyl (C=O) groups is 2. The predicted molar refractivity (Wildman–Crippen MR) is 97.1 cm³/mol. The number of rotatable bonds is 3. The van der Waals surface area contributed by atoms with Crippen molar-refractivity contribution in [1.29, 1.82) is 0 Å². The van der Waals surface area contributed by atoms with Gasteiger partial charge in [0.1, 0.15) is 17.3 Å². The van der Waals surface area contributed by atoms with Gasteiger partial charge in [0.2, 0.25) is 5.78 Å². The highest BCUT2D eigenvalue weighted by molar-refractivity contribution is 6.10. The van der Waals surface area contributed by atoms with Gasteiger partial charge < -0.3 is 20.3 Å². The molecule has 2 aromatic heterocycles. The number of amides is 1. The third kappa shape index (κ3) is 3.74. The minimum absolute atomic E-state index is 0.188. The lowest BCUT2D eigenvalue weighted by atomic mass is 10.1. The molecule has 1 fully saturated rings. The Morgan fingerprint density at radius 2 is 1.96 bits per heavy atom. The Bertz CT molecular complexity index is 811. The Labute approximate surface area is 151 Å². The zero-order valence-electron chi connectivity index (χ0n) is 14.6. The largest absolute Gasteiger partial charge is 0.453 e. The molecule has 1 saturated heterocycles. The SMILES string of the molecule is COC(=O)N1CCCN(c2cccc(C(=O)c3cccnc3N)n2)CC1. The van der Waals surface area contributed by atoms with Gasteiger partial charge in [-0.3, -0.25) is 4.79 Å². The third-order valence-corrected chi connectivity index (χ3v) is 4.30. The van der Waals surface area contributed by atoms with Crippen LogP contribution in [0.2, 0.25) is 0 Å². The van der Waals surface area contributed by atoms with Gasteiger partial charge in [-0.1, -0.05) is 6.07 Å². The van der Waals surface area contributed by atoms with Gasteiger partial charge in [0.25, 0.3) is 0 Å². The maximum atomic E-state index is 12.7. The summed E-state index contributed by atoms with van der Waals surface area (Å²) in [5, 5.41) is 0. The van der Waals surface area contributed by atoms with Gasteiger partial charge in [0.15, 0.2) is 0 Å². The van der Waals surface area contributed by atoms with E-state index in [1.807, 2.05) is 6.07 Å². The number of nitrogen functional groups attached to an aromatic ring is 1. The Morgan fingerprint density at radius 3 is 2.73 bits per heavy atom. The van der Waals surface area contributed by atoms with E-state index in [4.69, 9.17) is 10.5 Å². The Morgan fingerprint density at radius 1 is 1.12 bits per heavy atom. The van der Waals surface area contributed by atoms with Gasteiger partial charge in [-0.2, -0.15) is 0 Å². The van der Waals surface area contributed by atoms with Crippen LogP contribution in [-0.2, 0) is 4.74 Å². The van der Waals surface area contributed by atoms with E-state index in [0.29, 0.717) is 36.7 Å². The molecule has 3 rings (SSSR count). The Balaban J connectivity index is 1.78. The van der Waals surface area contributed by atoms with Gasteiger partial charge in [-0.15, -0.1) is 0 Å². The lowest BCUT2D eigenvalue weighted by Crippen LogP contribution is -2.35. The normalized spacial score (nSPS) is 14.7. The summed E-state index contributed by atoms with van der Waals surface area (Å²) in [6.45, 7) is 2.54. The van der Waals surface area contributed by atoms with E-state index in [1.54, 1.807) is 35.4 Å². The first kappa shape index (κ1) is 17.7. The number of nitrogens with zero attached hydrogens (tertiary/aromatic N) is 4. The summed E-state index contributed by atoms with van der Waals surface area (Å²) in [5.74, 6) is 0.627. The van der Waals surface area contributed by atoms with E-state index in [2.05, 4.69) is 14.9 Å². The molecule has 0 unspecified atom stereocenters. The lowest BCUT2D eigenvalue weighted by Gasteiger charge is -2.22. The standard InChI is InChI=1S/C18H21N5O3/c1-26-18(25)23-10-4-9-22(11-12-23)15-7-2-6-14(21-15)16(24)13-5-3-8-20-17(13)19/h2-3,5-8H,4,9-12H2,1H3,(H2,19,20). The summed E-state index contributed by atoms with van der Waals surface area (Å²) in [6, 6.07) is 8.63. The highest BCUT2D eigenvalue weighted by atomic mass is 16.5. The molecule has 0 aromatic carbocycles. The highest BCUT2D eigenvalue weighted by Gasteiger charge is 2.21. The average Bonchev–Trinajstić information content (AvgIpc) is 2.93. The summed E-state index contributed by atoms with van der Waals surface area (Å²) >= 11 is 0. The molecule has 2 aromatic rings. The number of pyridine rings is 2. The number of hydrogen-bond acceptors (Lipinski definition) is 7. The minimum atomic E-state index is -0.323. The topological polar surface area (TPSA) is 102 Å². The van der Waals surface area contributed by atoms with Crippen LogP contribution in [-0.4, -0.2) is 60.0 Å². The molecule has 26 heavy (non-hydrogen) atoms. The summed E-state index contributed by atoms with van der Waals surface area (Å²) < 4.78 is 4.79. The fourth-order valence-electron chi connectivity index (χ4n) is 2.93. The third-order valence-electron chi connectivity index (χ3n) is 4.30. The van der Waals surface area contributed by atoms with E-state index in [0.717, 1.165) is 13.0 Å². The monoisotopic (exact) mass is 355 g/mol. The zero-order chi connectivity index (χ0) is 18.5. The maximum absolute atomic E-state index is 12.7. The molecule has 1 aliphatic heterocycles. The Kier molecular flexibility index (Phi) is 5.31. The van der Waals surface area contributed by atoms with Crippen molar-refractivity contribution in [3.05, 3.63) is 47.8 Å². The van der Waals surface area contributed by atoms with Crippen LogP contribution in [0.15, 0.2) is 36.5 Å². The van der Waals surface area contributed by atoms with Crippen molar-refractivity contribution in [2.24, 2.45) is 0 Å². The highest BCUT2D eigenvalue weighted by Crippen LogP contribution is 2.18. The van der Waals surface area contributed by atoms with Crippen LogP contribution in [0.1, 0.15) is 22.5 Å². The fourth-order valence-corrected chi connectivity index (χ4v) is 2.93. The van der Waals surface area contributed by atoms with E-state index in [9.17, 15) is 9.59 Å². The molecule has 0 bridgehead atoms. The van der Waals surface area contributed by atoms with Gasteiger partial charge in [-0.25, -0.2) is 14.8 Å². The van der Waals surface area contributed by atoms with Gasteiger partial charge in [-0.05, 0) is 30.7 Å². The van der Waals surface area contributed by atoms with Crippen LogP contribution in [0.25, 0.3) is 0 Å².